The van der Waals surface area contributed by atoms with Gasteiger partial charge in [-0.1, -0.05) is 24.3 Å². The van der Waals surface area contributed by atoms with Gasteiger partial charge < -0.3 is 10.2 Å². The third-order valence-electron chi connectivity index (χ3n) is 2.76. The lowest BCUT2D eigenvalue weighted by Gasteiger charge is -2.03. The molecule has 4 heteroatoms. The summed E-state index contributed by atoms with van der Waals surface area (Å²) >= 11 is 0. The highest BCUT2D eigenvalue weighted by Crippen LogP contribution is 2.21. The van der Waals surface area contributed by atoms with E-state index in [0.717, 1.165) is 0 Å². The van der Waals surface area contributed by atoms with Crippen molar-refractivity contribution in [2.75, 3.05) is 0 Å². The SMILES string of the molecule is N#Cc1ccc(/C=C(/C(=O)O)c2ccc(O)cc2)cc1. The van der Waals surface area contributed by atoms with Crippen molar-refractivity contribution in [3.63, 3.8) is 0 Å². The van der Waals surface area contributed by atoms with Crippen LogP contribution in [0, 0.1) is 11.3 Å². The summed E-state index contributed by atoms with van der Waals surface area (Å²) in [6.07, 6.45) is 1.52. The molecule has 0 heterocycles. The molecule has 0 fully saturated rings. The summed E-state index contributed by atoms with van der Waals surface area (Å²) in [6, 6.07) is 14.6. The first-order valence-electron chi connectivity index (χ1n) is 5.85. The van der Waals surface area contributed by atoms with Crippen molar-refractivity contribution in [3.8, 4) is 11.8 Å². The lowest BCUT2D eigenvalue weighted by atomic mass is 10.0. The van der Waals surface area contributed by atoms with Crippen LogP contribution in [-0.2, 0) is 4.79 Å². The van der Waals surface area contributed by atoms with Crippen molar-refractivity contribution < 1.29 is 15.0 Å². The van der Waals surface area contributed by atoms with Crippen LogP contribution in [0.15, 0.2) is 48.5 Å². The number of carbonyl (C=O) groups is 1. The van der Waals surface area contributed by atoms with E-state index in [1.54, 1.807) is 36.4 Å². The summed E-state index contributed by atoms with van der Waals surface area (Å²) in [4.78, 5) is 11.3. The molecule has 0 saturated carbocycles. The molecule has 0 aliphatic rings. The van der Waals surface area contributed by atoms with Crippen LogP contribution >= 0.6 is 0 Å². The average molecular weight is 265 g/mol. The maximum absolute atomic E-state index is 11.3. The van der Waals surface area contributed by atoms with Gasteiger partial charge in [0, 0.05) is 0 Å². The Kier molecular flexibility index (Phi) is 3.82. The van der Waals surface area contributed by atoms with Gasteiger partial charge in [0.15, 0.2) is 0 Å². The molecule has 2 N–H and O–H groups in total. The van der Waals surface area contributed by atoms with Gasteiger partial charge in [0.1, 0.15) is 5.75 Å². The summed E-state index contributed by atoms with van der Waals surface area (Å²) in [5.41, 5.74) is 1.83. The van der Waals surface area contributed by atoms with Crippen molar-refractivity contribution >= 4 is 17.6 Å². The number of phenolic OH excluding ortho intramolecular Hbond substituents is 1. The largest absolute Gasteiger partial charge is 0.508 e. The highest BCUT2D eigenvalue weighted by Gasteiger charge is 2.10. The summed E-state index contributed by atoms with van der Waals surface area (Å²) in [6.45, 7) is 0. The average Bonchev–Trinajstić information content (AvgIpc) is 2.46. The molecule has 0 aromatic heterocycles. The molecule has 0 aliphatic carbocycles. The molecule has 98 valence electrons. The van der Waals surface area contributed by atoms with E-state index in [2.05, 4.69) is 0 Å². The van der Waals surface area contributed by atoms with E-state index < -0.39 is 5.97 Å². The molecule has 20 heavy (non-hydrogen) atoms. The first-order valence-corrected chi connectivity index (χ1v) is 5.85. The third-order valence-corrected chi connectivity index (χ3v) is 2.76. The van der Waals surface area contributed by atoms with E-state index in [9.17, 15) is 15.0 Å². The van der Waals surface area contributed by atoms with Gasteiger partial charge >= 0.3 is 5.97 Å². The van der Waals surface area contributed by atoms with Crippen LogP contribution in [0.25, 0.3) is 11.6 Å². The Morgan fingerprint density at radius 3 is 2.15 bits per heavy atom. The van der Waals surface area contributed by atoms with Crippen molar-refractivity contribution in [2.24, 2.45) is 0 Å². The van der Waals surface area contributed by atoms with Gasteiger partial charge in [0.05, 0.1) is 17.2 Å². The number of hydrogen-bond acceptors (Lipinski definition) is 3. The van der Waals surface area contributed by atoms with E-state index in [1.165, 1.54) is 18.2 Å². The fourth-order valence-corrected chi connectivity index (χ4v) is 1.73. The van der Waals surface area contributed by atoms with Gasteiger partial charge in [-0.3, -0.25) is 0 Å². The summed E-state index contributed by atoms with van der Waals surface area (Å²) in [5, 5.41) is 27.2. The number of nitriles is 1. The maximum atomic E-state index is 11.3. The number of hydrogen-bond donors (Lipinski definition) is 2. The summed E-state index contributed by atoms with van der Waals surface area (Å²) in [5.74, 6) is -0.975. The van der Waals surface area contributed by atoms with Crippen LogP contribution < -0.4 is 0 Å². The number of benzene rings is 2. The van der Waals surface area contributed by atoms with Crippen molar-refractivity contribution in [3.05, 3.63) is 65.2 Å². The molecule has 0 atom stereocenters. The molecule has 2 rings (SSSR count). The van der Waals surface area contributed by atoms with Crippen LogP contribution in [0.3, 0.4) is 0 Å². The smallest absolute Gasteiger partial charge is 0.336 e. The van der Waals surface area contributed by atoms with Crippen LogP contribution in [0.2, 0.25) is 0 Å². The Labute approximate surface area is 115 Å². The Balaban J connectivity index is 2.42. The molecule has 0 amide bonds. The van der Waals surface area contributed by atoms with Gasteiger partial charge in [-0.15, -0.1) is 0 Å². The molecule has 0 saturated heterocycles. The van der Waals surface area contributed by atoms with Gasteiger partial charge in [-0.2, -0.15) is 5.26 Å². The fraction of sp³-hybridized carbons (Fsp3) is 0. The second-order valence-electron chi connectivity index (χ2n) is 4.14. The Morgan fingerprint density at radius 1 is 1.05 bits per heavy atom. The highest BCUT2D eigenvalue weighted by molar-refractivity contribution is 6.20. The summed E-state index contributed by atoms with van der Waals surface area (Å²) < 4.78 is 0. The van der Waals surface area contributed by atoms with E-state index in [0.29, 0.717) is 16.7 Å². The minimum atomic E-state index is -1.06. The first-order chi connectivity index (χ1) is 9.60. The fourth-order valence-electron chi connectivity index (χ4n) is 1.73. The minimum Gasteiger partial charge on any atom is -0.508 e. The number of phenols is 1. The second kappa shape index (κ2) is 5.72. The van der Waals surface area contributed by atoms with Crippen LogP contribution in [0.4, 0.5) is 0 Å². The maximum Gasteiger partial charge on any atom is 0.336 e. The normalized spacial score (nSPS) is 10.8. The Morgan fingerprint density at radius 2 is 1.65 bits per heavy atom. The predicted octanol–water partition coefficient (Wildman–Crippen LogP) is 2.89. The molecular formula is C16H11NO3. The number of nitrogens with zero attached hydrogens (tertiary/aromatic N) is 1. The Hall–Kier alpha value is -3.06. The summed E-state index contributed by atoms with van der Waals surface area (Å²) in [7, 11) is 0. The molecule has 0 bridgehead atoms. The molecule has 0 aliphatic heterocycles. The van der Waals surface area contributed by atoms with Gasteiger partial charge in [-0.05, 0) is 41.5 Å². The van der Waals surface area contributed by atoms with Crippen molar-refractivity contribution in [1.29, 1.82) is 5.26 Å². The molecule has 2 aromatic rings. The third kappa shape index (κ3) is 3.03. The number of carboxylic acid groups (broad SMARTS) is 1. The van der Waals surface area contributed by atoms with Crippen molar-refractivity contribution in [1.82, 2.24) is 0 Å². The zero-order chi connectivity index (χ0) is 14.5. The van der Waals surface area contributed by atoms with E-state index in [4.69, 9.17) is 5.26 Å². The zero-order valence-electron chi connectivity index (χ0n) is 10.4. The quantitative estimate of drug-likeness (QED) is 0.660. The zero-order valence-corrected chi connectivity index (χ0v) is 10.4. The minimum absolute atomic E-state index is 0.0804. The van der Waals surface area contributed by atoms with E-state index in [-0.39, 0.29) is 11.3 Å². The van der Waals surface area contributed by atoms with Gasteiger partial charge in [-0.25, -0.2) is 4.79 Å². The number of aliphatic carboxylic acids is 1. The molecule has 2 aromatic carbocycles. The van der Waals surface area contributed by atoms with Gasteiger partial charge in [0.25, 0.3) is 0 Å². The topological polar surface area (TPSA) is 81.3 Å². The molecule has 0 spiro atoms. The monoisotopic (exact) mass is 265 g/mol. The molecule has 0 radical (unpaired) electrons. The predicted molar refractivity (Wildman–Crippen MR) is 74.8 cm³/mol. The van der Waals surface area contributed by atoms with Crippen molar-refractivity contribution in [2.45, 2.75) is 0 Å². The first kappa shape index (κ1) is 13.4. The standard InChI is InChI=1S/C16H11NO3/c17-10-12-3-1-11(2-4-12)9-15(16(19)20)13-5-7-14(18)8-6-13/h1-9,18H,(H,19,20)/b15-9+. The van der Waals surface area contributed by atoms with Crippen LogP contribution in [0.1, 0.15) is 16.7 Å². The van der Waals surface area contributed by atoms with Gasteiger partial charge in [0.2, 0.25) is 0 Å². The lowest BCUT2D eigenvalue weighted by Crippen LogP contribution is -1.99. The second-order valence-corrected chi connectivity index (χ2v) is 4.14. The lowest BCUT2D eigenvalue weighted by molar-refractivity contribution is -0.130. The Bertz CT molecular complexity index is 692. The number of rotatable bonds is 3. The van der Waals surface area contributed by atoms with Crippen LogP contribution in [0.5, 0.6) is 5.75 Å². The van der Waals surface area contributed by atoms with E-state index in [1.807, 2.05) is 6.07 Å². The van der Waals surface area contributed by atoms with E-state index >= 15 is 0 Å². The highest BCUT2D eigenvalue weighted by atomic mass is 16.4. The number of carboxylic acids is 1. The van der Waals surface area contributed by atoms with Crippen LogP contribution in [-0.4, -0.2) is 16.2 Å². The molecular weight excluding hydrogens is 254 g/mol. The molecule has 0 unspecified atom stereocenters. The number of aromatic hydroxyl groups is 1. The molecule has 4 nitrogen and oxygen atoms in total.